The first kappa shape index (κ1) is 11.6. The van der Waals surface area contributed by atoms with E-state index in [2.05, 4.69) is 5.32 Å². The van der Waals surface area contributed by atoms with E-state index in [-0.39, 0.29) is 12.0 Å². The van der Waals surface area contributed by atoms with Gasteiger partial charge in [0.15, 0.2) is 0 Å². The average molecular weight is 240 g/mol. The number of ether oxygens (including phenoxy) is 1. The maximum atomic E-state index is 11.3. The summed E-state index contributed by atoms with van der Waals surface area (Å²) in [6.45, 7) is 1.51. The number of nitrogens with two attached hydrogens (primary N) is 1. The smallest absolute Gasteiger partial charge is 0.239 e. The third-order valence-electron chi connectivity index (χ3n) is 2.73. The Labute approximate surface area is 98.8 Å². The summed E-state index contributed by atoms with van der Waals surface area (Å²) < 4.78 is 5.49. The number of amides is 1. The molecular weight excluding hydrogens is 224 g/mol. The number of primary amides is 1. The Morgan fingerprint density at radius 3 is 3.19 bits per heavy atom. The molecule has 2 unspecified atom stereocenters. The van der Waals surface area contributed by atoms with Crippen LogP contribution in [0.4, 0.5) is 0 Å². The van der Waals surface area contributed by atoms with Gasteiger partial charge in [0.2, 0.25) is 5.91 Å². The van der Waals surface area contributed by atoms with Crippen molar-refractivity contribution in [3.05, 3.63) is 22.4 Å². The summed E-state index contributed by atoms with van der Waals surface area (Å²) in [5, 5.41) is 7.06. The molecule has 0 spiro atoms. The highest BCUT2D eigenvalue weighted by molar-refractivity contribution is 7.08. The largest absolute Gasteiger partial charge is 0.377 e. The van der Waals surface area contributed by atoms with Crippen LogP contribution in [0.3, 0.4) is 0 Å². The summed E-state index contributed by atoms with van der Waals surface area (Å²) in [6, 6.07) is 1.53. The predicted octanol–water partition coefficient (Wildman–Crippen LogP) is 1.04. The molecule has 4 nitrogen and oxygen atoms in total. The van der Waals surface area contributed by atoms with Gasteiger partial charge in [0.25, 0.3) is 0 Å². The molecule has 1 aromatic rings. The van der Waals surface area contributed by atoms with Crippen LogP contribution in [0.15, 0.2) is 16.8 Å². The van der Waals surface area contributed by atoms with Crippen LogP contribution in [0.2, 0.25) is 0 Å². The lowest BCUT2D eigenvalue weighted by molar-refractivity contribution is -0.120. The molecule has 1 aliphatic heterocycles. The van der Waals surface area contributed by atoms with Gasteiger partial charge in [-0.1, -0.05) is 0 Å². The van der Waals surface area contributed by atoms with E-state index in [1.165, 1.54) is 0 Å². The zero-order valence-corrected chi connectivity index (χ0v) is 9.83. The lowest BCUT2D eigenvalue weighted by Gasteiger charge is -2.17. The van der Waals surface area contributed by atoms with Crippen LogP contribution in [-0.4, -0.2) is 25.2 Å². The fourth-order valence-electron chi connectivity index (χ4n) is 1.88. The van der Waals surface area contributed by atoms with E-state index in [0.717, 1.165) is 25.0 Å². The quantitative estimate of drug-likeness (QED) is 0.808. The van der Waals surface area contributed by atoms with Gasteiger partial charge in [0.1, 0.15) is 6.04 Å². The Bertz CT molecular complexity index is 334. The van der Waals surface area contributed by atoms with E-state index < -0.39 is 6.04 Å². The Morgan fingerprint density at radius 2 is 2.62 bits per heavy atom. The van der Waals surface area contributed by atoms with Crippen LogP contribution in [0.25, 0.3) is 0 Å². The second-order valence-electron chi connectivity index (χ2n) is 3.94. The van der Waals surface area contributed by atoms with E-state index in [9.17, 15) is 4.79 Å². The highest BCUT2D eigenvalue weighted by Crippen LogP contribution is 2.17. The summed E-state index contributed by atoms with van der Waals surface area (Å²) >= 11 is 1.56. The van der Waals surface area contributed by atoms with E-state index in [1.54, 1.807) is 11.3 Å². The molecule has 1 amide bonds. The number of carbonyl (C=O) groups excluding carboxylic acids is 1. The molecule has 2 rings (SSSR count). The number of nitrogens with one attached hydrogen (secondary N) is 1. The molecule has 0 aromatic carbocycles. The van der Waals surface area contributed by atoms with Gasteiger partial charge in [-0.2, -0.15) is 11.3 Å². The van der Waals surface area contributed by atoms with Crippen LogP contribution in [-0.2, 0) is 9.53 Å². The first-order valence-corrected chi connectivity index (χ1v) is 6.38. The molecule has 0 radical (unpaired) electrons. The molecule has 1 saturated heterocycles. The SMILES string of the molecule is NC(=O)C(NCC1CCCO1)c1ccsc1. The zero-order chi connectivity index (χ0) is 11.4. The third-order valence-corrected chi connectivity index (χ3v) is 3.44. The minimum atomic E-state index is -0.393. The van der Waals surface area contributed by atoms with Gasteiger partial charge in [-0.3, -0.25) is 10.1 Å². The van der Waals surface area contributed by atoms with Crippen molar-refractivity contribution in [2.75, 3.05) is 13.2 Å². The lowest BCUT2D eigenvalue weighted by atomic mass is 10.1. The molecule has 0 aliphatic carbocycles. The Morgan fingerprint density at radius 1 is 1.75 bits per heavy atom. The Balaban J connectivity index is 1.90. The van der Waals surface area contributed by atoms with Crippen molar-refractivity contribution < 1.29 is 9.53 Å². The van der Waals surface area contributed by atoms with E-state index in [1.807, 2.05) is 16.8 Å². The molecular formula is C11H16N2O2S. The van der Waals surface area contributed by atoms with Crippen LogP contribution in [0.5, 0.6) is 0 Å². The van der Waals surface area contributed by atoms with E-state index in [0.29, 0.717) is 6.54 Å². The van der Waals surface area contributed by atoms with Gasteiger partial charge in [0, 0.05) is 13.2 Å². The van der Waals surface area contributed by atoms with Crippen molar-refractivity contribution in [3.8, 4) is 0 Å². The monoisotopic (exact) mass is 240 g/mol. The number of hydrogen-bond acceptors (Lipinski definition) is 4. The van der Waals surface area contributed by atoms with Crippen molar-refractivity contribution in [1.29, 1.82) is 0 Å². The van der Waals surface area contributed by atoms with Gasteiger partial charge in [-0.05, 0) is 35.2 Å². The lowest BCUT2D eigenvalue weighted by Crippen LogP contribution is -2.37. The van der Waals surface area contributed by atoms with Gasteiger partial charge in [-0.25, -0.2) is 0 Å². The summed E-state index contributed by atoms with van der Waals surface area (Å²) in [7, 11) is 0. The molecule has 2 atom stereocenters. The van der Waals surface area contributed by atoms with Crippen LogP contribution < -0.4 is 11.1 Å². The van der Waals surface area contributed by atoms with Gasteiger partial charge < -0.3 is 10.5 Å². The molecule has 1 aromatic heterocycles. The molecule has 88 valence electrons. The number of thiophene rings is 1. The topological polar surface area (TPSA) is 64.4 Å². The fraction of sp³-hybridized carbons (Fsp3) is 0.545. The van der Waals surface area contributed by atoms with Gasteiger partial charge in [-0.15, -0.1) is 0 Å². The molecule has 0 bridgehead atoms. The predicted molar refractivity (Wildman–Crippen MR) is 63.2 cm³/mol. The van der Waals surface area contributed by atoms with Gasteiger partial charge >= 0.3 is 0 Å². The highest BCUT2D eigenvalue weighted by atomic mass is 32.1. The highest BCUT2D eigenvalue weighted by Gasteiger charge is 2.21. The van der Waals surface area contributed by atoms with Crippen LogP contribution >= 0.6 is 11.3 Å². The standard InChI is InChI=1S/C11H16N2O2S/c12-11(14)10(8-3-5-16-7-8)13-6-9-2-1-4-15-9/h3,5,7,9-10,13H,1-2,4,6H2,(H2,12,14). The van der Waals surface area contributed by atoms with Crippen LogP contribution in [0.1, 0.15) is 24.4 Å². The molecule has 0 saturated carbocycles. The minimum Gasteiger partial charge on any atom is -0.377 e. The zero-order valence-electron chi connectivity index (χ0n) is 9.02. The number of hydrogen-bond donors (Lipinski definition) is 2. The van der Waals surface area contributed by atoms with Crippen molar-refractivity contribution in [2.24, 2.45) is 5.73 Å². The van der Waals surface area contributed by atoms with E-state index >= 15 is 0 Å². The van der Waals surface area contributed by atoms with Crippen molar-refractivity contribution in [3.63, 3.8) is 0 Å². The maximum absolute atomic E-state index is 11.3. The number of carbonyl (C=O) groups is 1. The average Bonchev–Trinajstić information content (AvgIpc) is 2.88. The molecule has 3 N–H and O–H groups in total. The molecule has 5 heteroatoms. The van der Waals surface area contributed by atoms with Gasteiger partial charge in [0.05, 0.1) is 6.10 Å². The first-order valence-electron chi connectivity index (χ1n) is 5.44. The molecule has 2 heterocycles. The molecule has 1 fully saturated rings. The Kier molecular flexibility index (Phi) is 3.93. The normalized spacial score (nSPS) is 22.1. The number of rotatable bonds is 5. The van der Waals surface area contributed by atoms with Crippen molar-refractivity contribution in [2.45, 2.75) is 25.0 Å². The van der Waals surface area contributed by atoms with Crippen LogP contribution in [0, 0.1) is 0 Å². The molecule has 16 heavy (non-hydrogen) atoms. The first-order chi connectivity index (χ1) is 7.77. The summed E-state index contributed by atoms with van der Waals surface area (Å²) in [5.74, 6) is -0.337. The van der Waals surface area contributed by atoms with E-state index in [4.69, 9.17) is 10.5 Å². The Hall–Kier alpha value is -0.910. The van der Waals surface area contributed by atoms with Crippen molar-refractivity contribution in [1.82, 2.24) is 5.32 Å². The second-order valence-corrected chi connectivity index (χ2v) is 4.72. The van der Waals surface area contributed by atoms with Crippen molar-refractivity contribution >= 4 is 17.2 Å². The summed E-state index contributed by atoms with van der Waals surface area (Å²) in [6.07, 6.45) is 2.38. The maximum Gasteiger partial charge on any atom is 0.239 e. The summed E-state index contributed by atoms with van der Waals surface area (Å²) in [5.41, 5.74) is 6.32. The minimum absolute atomic E-state index is 0.223. The summed E-state index contributed by atoms with van der Waals surface area (Å²) in [4.78, 5) is 11.3. The second kappa shape index (κ2) is 5.43. The molecule has 1 aliphatic rings. The third kappa shape index (κ3) is 2.81. The fourth-order valence-corrected chi connectivity index (χ4v) is 2.56.